The van der Waals surface area contributed by atoms with Gasteiger partial charge < -0.3 is 14.8 Å². The molecular formula is C22H26N6O2S. The Bertz CT molecular complexity index is 1040. The van der Waals surface area contributed by atoms with Gasteiger partial charge in [0.1, 0.15) is 11.9 Å². The molecule has 162 valence electrons. The second-order valence-corrected chi connectivity index (χ2v) is 8.76. The van der Waals surface area contributed by atoms with Crippen LogP contribution in [-0.2, 0) is 17.7 Å². The van der Waals surface area contributed by atoms with Gasteiger partial charge in [-0.3, -0.25) is 4.90 Å². The Balaban J connectivity index is 1.27. The molecule has 2 aliphatic rings. The van der Waals surface area contributed by atoms with Gasteiger partial charge in [-0.1, -0.05) is 24.3 Å². The summed E-state index contributed by atoms with van der Waals surface area (Å²) in [6.45, 7) is 6.77. The number of nitrogens with zero attached hydrogens (tertiary/aromatic N) is 5. The minimum atomic E-state index is 0.113. The number of pyridine rings is 1. The van der Waals surface area contributed by atoms with E-state index in [9.17, 15) is 0 Å². The number of likely N-dealkylation sites (N-methyl/N-ethyl adjacent to an activating group) is 1. The highest BCUT2D eigenvalue weighted by Crippen LogP contribution is 2.30. The average molecular weight is 439 g/mol. The van der Waals surface area contributed by atoms with Crippen molar-refractivity contribution in [1.82, 2.24) is 24.8 Å². The predicted octanol–water partition coefficient (Wildman–Crippen LogP) is 3.67. The number of aromatic nitrogens is 4. The Kier molecular flexibility index (Phi) is 6.06. The summed E-state index contributed by atoms with van der Waals surface area (Å²) in [6.07, 6.45) is 6.39. The molecule has 9 heteroatoms. The number of nitrogens with one attached hydrogen (secondary N) is 1. The zero-order chi connectivity index (χ0) is 21.0. The SMILES string of the molecule is CCN1CCc2nc(Nc3ncc(-c4ccnc(OC5CCOCC5)n4)s3)ccc2C1. The summed E-state index contributed by atoms with van der Waals surface area (Å²) in [5, 5.41) is 4.13. The van der Waals surface area contributed by atoms with E-state index in [1.807, 2.05) is 18.3 Å². The summed E-state index contributed by atoms with van der Waals surface area (Å²) in [7, 11) is 0. The maximum atomic E-state index is 5.94. The summed E-state index contributed by atoms with van der Waals surface area (Å²) in [5.74, 6) is 0.829. The molecule has 3 aromatic heterocycles. The lowest BCUT2D eigenvalue weighted by Gasteiger charge is -2.26. The molecule has 0 spiro atoms. The van der Waals surface area contributed by atoms with Crippen LogP contribution in [0.25, 0.3) is 10.6 Å². The Morgan fingerprint density at radius 2 is 2.10 bits per heavy atom. The molecule has 0 aromatic carbocycles. The third-order valence-electron chi connectivity index (χ3n) is 5.64. The number of thiazole rings is 1. The highest BCUT2D eigenvalue weighted by molar-refractivity contribution is 7.18. The second kappa shape index (κ2) is 9.25. The van der Waals surface area contributed by atoms with E-state index in [2.05, 4.69) is 38.2 Å². The molecule has 0 amide bonds. The van der Waals surface area contributed by atoms with E-state index in [4.69, 9.17) is 14.5 Å². The summed E-state index contributed by atoms with van der Waals surface area (Å²) >= 11 is 1.54. The van der Waals surface area contributed by atoms with Crippen molar-refractivity contribution in [2.24, 2.45) is 0 Å². The average Bonchev–Trinajstić information content (AvgIpc) is 3.28. The van der Waals surface area contributed by atoms with Crippen molar-refractivity contribution in [3.63, 3.8) is 0 Å². The van der Waals surface area contributed by atoms with Crippen LogP contribution in [0.5, 0.6) is 6.01 Å². The third-order valence-corrected chi connectivity index (χ3v) is 6.58. The number of hydrogen-bond donors (Lipinski definition) is 1. The van der Waals surface area contributed by atoms with E-state index in [-0.39, 0.29) is 6.10 Å². The van der Waals surface area contributed by atoms with Gasteiger partial charge in [0.15, 0.2) is 5.13 Å². The molecule has 0 aliphatic carbocycles. The molecular weight excluding hydrogens is 412 g/mol. The van der Waals surface area contributed by atoms with Crippen LogP contribution in [0, 0.1) is 0 Å². The molecule has 1 saturated heterocycles. The molecule has 5 rings (SSSR count). The van der Waals surface area contributed by atoms with E-state index in [1.54, 1.807) is 17.5 Å². The van der Waals surface area contributed by atoms with Crippen molar-refractivity contribution >= 4 is 22.3 Å². The number of hydrogen-bond acceptors (Lipinski definition) is 9. The molecule has 0 saturated carbocycles. The van der Waals surface area contributed by atoms with E-state index in [0.717, 1.165) is 73.6 Å². The summed E-state index contributed by atoms with van der Waals surface area (Å²) in [5.41, 5.74) is 3.30. The topological polar surface area (TPSA) is 85.3 Å². The van der Waals surface area contributed by atoms with Crippen LogP contribution in [0.3, 0.4) is 0 Å². The molecule has 5 heterocycles. The fourth-order valence-corrected chi connectivity index (χ4v) is 4.64. The van der Waals surface area contributed by atoms with E-state index < -0.39 is 0 Å². The molecule has 1 N–H and O–H groups in total. The van der Waals surface area contributed by atoms with Crippen LogP contribution in [0.1, 0.15) is 31.0 Å². The van der Waals surface area contributed by atoms with Gasteiger partial charge in [0.2, 0.25) is 0 Å². The molecule has 0 unspecified atom stereocenters. The number of fused-ring (bicyclic) bond motifs is 1. The van der Waals surface area contributed by atoms with Crippen molar-refractivity contribution in [3.05, 3.63) is 41.9 Å². The van der Waals surface area contributed by atoms with Crippen LogP contribution in [0.4, 0.5) is 10.9 Å². The monoisotopic (exact) mass is 438 g/mol. The lowest BCUT2D eigenvalue weighted by atomic mass is 10.1. The molecule has 2 aliphatic heterocycles. The Morgan fingerprint density at radius 3 is 2.97 bits per heavy atom. The fraction of sp³-hybridized carbons (Fsp3) is 0.455. The minimum absolute atomic E-state index is 0.113. The number of rotatable bonds is 6. The Hall–Kier alpha value is -2.62. The van der Waals surface area contributed by atoms with Gasteiger partial charge in [0, 0.05) is 50.4 Å². The van der Waals surface area contributed by atoms with Gasteiger partial charge in [-0.25, -0.2) is 15.0 Å². The first-order valence-corrected chi connectivity index (χ1v) is 11.6. The van der Waals surface area contributed by atoms with Crippen molar-refractivity contribution in [3.8, 4) is 16.6 Å². The van der Waals surface area contributed by atoms with E-state index in [1.165, 1.54) is 11.3 Å². The first-order valence-electron chi connectivity index (χ1n) is 10.8. The number of anilines is 2. The van der Waals surface area contributed by atoms with Gasteiger partial charge in [0.05, 0.1) is 23.8 Å². The van der Waals surface area contributed by atoms with Gasteiger partial charge in [-0.2, -0.15) is 4.98 Å². The molecule has 8 nitrogen and oxygen atoms in total. The number of ether oxygens (including phenoxy) is 2. The van der Waals surface area contributed by atoms with Gasteiger partial charge in [0.25, 0.3) is 0 Å². The predicted molar refractivity (Wildman–Crippen MR) is 120 cm³/mol. The van der Waals surface area contributed by atoms with Crippen molar-refractivity contribution in [1.29, 1.82) is 0 Å². The van der Waals surface area contributed by atoms with Crippen LogP contribution in [0.15, 0.2) is 30.6 Å². The highest BCUT2D eigenvalue weighted by atomic mass is 32.1. The highest BCUT2D eigenvalue weighted by Gasteiger charge is 2.18. The summed E-state index contributed by atoms with van der Waals surface area (Å²) in [4.78, 5) is 21.6. The molecule has 3 aromatic rings. The smallest absolute Gasteiger partial charge is 0.317 e. The summed E-state index contributed by atoms with van der Waals surface area (Å²) in [6, 6.07) is 6.49. The van der Waals surface area contributed by atoms with Gasteiger partial charge in [-0.15, -0.1) is 0 Å². The van der Waals surface area contributed by atoms with Gasteiger partial charge in [-0.05, 0) is 24.2 Å². The van der Waals surface area contributed by atoms with E-state index >= 15 is 0 Å². The molecule has 0 bridgehead atoms. The van der Waals surface area contributed by atoms with Crippen molar-refractivity contribution in [2.75, 3.05) is 31.6 Å². The van der Waals surface area contributed by atoms with Crippen molar-refractivity contribution < 1.29 is 9.47 Å². The van der Waals surface area contributed by atoms with E-state index in [0.29, 0.717) is 6.01 Å². The summed E-state index contributed by atoms with van der Waals surface area (Å²) < 4.78 is 11.3. The largest absolute Gasteiger partial charge is 0.460 e. The van der Waals surface area contributed by atoms with Crippen molar-refractivity contribution in [2.45, 2.75) is 38.8 Å². The van der Waals surface area contributed by atoms with Crippen LogP contribution in [-0.4, -0.2) is 57.2 Å². The van der Waals surface area contributed by atoms with Crippen LogP contribution in [0.2, 0.25) is 0 Å². The zero-order valence-electron chi connectivity index (χ0n) is 17.6. The third kappa shape index (κ3) is 4.84. The fourth-order valence-electron chi connectivity index (χ4n) is 3.85. The first-order chi connectivity index (χ1) is 15.3. The molecule has 0 atom stereocenters. The minimum Gasteiger partial charge on any atom is -0.460 e. The molecule has 31 heavy (non-hydrogen) atoms. The maximum absolute atomic E-state index is 5.94. The first kappa shape index (κ1) is 20.3. The molecule has 0 radical (unpaired) electrons. The Labute approximate surface area is 185 Å². The van der Waals surface area contributed by atoms with Gasteiger partial charge >= 0.3 is 6.01 Å². The normalized spacial score (nSPS) is 17.3. The quantitative estimate of drug-likeness (QED) is 0.624. The Morgan fingerprint density at radius 1 is 1.19 bits per heavy atom. The lowest BCUT2D eigenvalue weighted by Crippen LogP contribution is -2.30. The molecule has 1 fully saturated rings. The zero-order valence-corrected chi connectivity index (χ0v) is 18.4. The standard InChI is InChI=1S/C22H26N6O2S/c1-2-28-10-6-17-15(14-28)3-4-20(25-17)27-22-24-13-19(31-22)18-5-9-23-21(26-18)30-16-7-11-29-12-8-16/h3-5,9,13,16H,2,6-8,10-12,14H2,1H3,(H,24,25,27). The van der Waals surface area contributed by atoms with Crippen LogP contribution < -0.4 is 10.1 Å². The second-order valence-electron chi connectivity index (χ2n) is 7.73. The lowest BCUT2D eigenvalue weighted by molar-refractivity contribution is 0.0217. The van der Waals surface area contributed by atoms with Crippen LogP contribution >= 0.6 is 11.3 Å². The maximum Gasteiger partial charge on any atom is 0.317 e.